The van der Waals surface area contributed by atoms with Crippen LogP contribution in [0.25, 0.3) is 11.5 Å². The normalized spacial score (nSPS) is 11.5. The minimum absolute atomic E-state index is 0.312. The Balaban J connectivity index is 2.56. The van der Waals surface area contributed by atoms with E-state index in [4.69, 9.17) is 5.73 Å². The van der Waals surface area contributed by atoms with Crippen LogP contribution in [-0.2, 0) is 0 Å². The van der Waals surface area contributed by atoms with Crippen LogP contribution >= 0.6 is 0 Å². The average Bonchev–Trinajstić information content (AvgIpc) is 2.75. The number of nitrogen functional groups attached to an aromatic ring is 1. The Kier molecular flexibility index (Phi) is 3.55. The molecule has 2 N–H and O–H groups in total. The summed E-state index contributed by atoms with van der Waals surface area (Å²) in [5.74, 6) is 1.53. The van der Waals surface area contributed by atoms with Crippen LogP contribution in [0.1, 0.15) is 50.9 Å². The predicted molar refractivity (Wildman–Crippen MR) is 76.9 cm³/mol. The topological polar surface area (TPSA) is 69.6 Å². The number of aryl methyl sites for hydroxylation is 1. The molecule has 0 unspecified atom stereocenters. The quantitative estimate of drug-likeness (QED) is 0.920. The Labute approximate surface area is 113 Å². The van der Waals surface area contributed by atoms with Crippen molar-refractivity contribution in [1.29, 1.82) is 0 Å². The van der Waals surface area contributed by atoms with Gasteiger partial charge in [-0.1, -0.05) is 13.8 Å². The minimum atomic E-state index is 0.312. The number of rotatable bonds is 3. The van der Waals surface area contributed by atoms with Gasteiger partial charge in [0.2, 0.25) is 0 Å². The molecule has 0 aliphatic rings. The summed E-state index contributed by atoms with van der Waals surface area (Å²) in [6, 6.07) is 0.312. The second-order valence-electron chi connectivity index (χ2n) is 5.37. The number of hydrogen-bond donors (Lipinski definition) is 1. The van der Waals surface area contributed by atoms with Crippen molar-refractivity contribution in [3.05, 3.63) is 23.8 Å². The Morgan fingerprint density at radius 3 is 2.37 bits per heavy atom. The molecule has 0 bridgehead atoms. The van der Waals surface area contributed by atoms with E-state index in [2.05, 4.69) is 42.6 Å². The van der Waals surface area contributed by atoms with Gasteiger partial charge in [-0.05, 0) is 26.7 Å². The number of imidazole rings is 1. The Bertz CT molecular complexity index is 560. The molecule has 2 aromatic heterocycles. The molecule has 0 aliphatic heterocycles. The first-order valence-electron chi connectivity index (χ1n) is 6.58. The minimum Gasteiger partial charge on any atom is -0.383 e. The SMILES string of the molecule is Cc1nc(-c2cncn2C(C)C)nc(N)c1C(C)C. The largest absolute Gasteiger partial charge is 0.383 e. The number of hydrogen-bond acceptors (Lipinski definition) is 4. The van der Waals surface area contributed by atoms with Crippen LogP contribution in [0.5, 0.6) is 0 Å². The van der Waals surface area contributed by atoms with Gasteiger partial charge < -0.3 is 10.3 Å². The molecule has 2 aromatic rings. The van der Waals surface area contributed by atoms with Gasteiger partial charge in [0.25, 0.3) is 0 Å². The van der Waals surface area contributed by atoms with Gasteiger partial charge in [-0.2, -0.15) is 0 Å². The highest BCUT2D eigenvalue weighted by molar-refractivity contribution is 5.55. The second-order valence-corrected chi connectivity index (χ2v) is 5.37. The van der Waals surface area contributed by atoms with E-state index in [1.165, 1.54) is 0 Å². The van der Waals surface area contributed by atoms with E-state index in [-0.39, 0.29) is 0 Å². The highest BCUT2D eigenvalue weighted by atomic mass is 15.1. The van der Waals surface area contributed by atoms with Crippen LogP contribution in [0.15, 0.2) is 12.5 Å². The summed E-state index contributed by atoms with van der Waals surface area (Å²) in [7, 11) is 0. The van der Waals surface area contributed by atoms with Gasteiger partial charge in [0.05, 0.1) is 12.5 Å². The molecule has 0 aliphatic carbocycles. The van der Waals surface area contributed by atoms with Crippen molar-refractivity contribution < 1.29 is 0 Å². The molecule has 0 saturated carbocycles. The fourth-order valence-electron chi connectivity index (χ4n) is 2.32. The zero-order valence-electron chi connectivity index (χ0n) is 12.2. The van der Waals surface area contributed by atoms with Crippen LogP contribution in [-0.4, -0.2) is 19.5 Å². The molecular formula is C14H21N5. The van der Waals surface area contributed by atoms with Crippen molar-refractivity contribution in [3.63, 3.8) is 0 Å². The van der Waals surface area contributed by atoms with Gasteiger partial charge in [0, 0.05) is 17.3 Å². The lowest BCUT2D eigenvalue weighted by Gasteiger charge is -2.15. The number of aromatic nitrogens is 4. The summed E-state index contributed by atoms with van der Waals surface area (Å²) in [6.07, 6.45) is 3.58. The summed E-state index contributed by atoms with van der Waals surface area (Å²) >= 11 is 0. The summed E-state index contributed by atoms with van der Waals surface area (Å²) in [5.41, 5.74) is 8.94. The smallest absolute Gasteiger partial charge is 0.180 e. The van der Waals surface area contributed by atoms with Crippen molar-refractivity contribution in [2.24, 2.45) is 0 Å². The predicted octanol–water partition coefficient (Wildman–Crippen LogP) is 2.94. The lowest BCUT2D eigenvalue weighted by atomic mass is 10.0. The van der Waals surface area contributed by atoms with Crippen molar-refractivity contribution in [2.45, 2.75) is 46.6 Å². The van der Waals surface area contributed by atoms with Crippen LogP contribution in [0.3, 0.4) is 0 Å². The van der Waals surface area contributed by atoms with Gasteiger partial charge in [0.15, 0.2) is 5.82 Å². The Morgan fingerprint density at radius 1 is 1.16 bits per heavy atom. The fraction of sp³-hybridized carbons (Fsp3) is 0.500. The third kappa shape index (κ3) is 2.45. The zero-order chi connectivity index (χ0) is 14.2. The van der Waals surface area contributed by atoms with Gasteiger partial charge in [-0.25, -0.2) is 15.0 Å². The van der Waals surface area contributed by atoms with E-state index >= 15 is 0 Å². The number of nitrogens with two attached hydrogens (primary N) is 1. The molecule has 2 heterocycles. The first kappa shape index (κ1) is 13.5. The van der Waals surface area contributed by atoms with Crippen molar-refractivity contribution >= 4 is 5.82 Å². The third-order valence-electron chi connectivity index (χ3n) is 3.19. The molecule has 0 saturated heterocycles. The molecule has 0 spiro atoms. The number of nitrogens with zero attached hydrogens (tertiary/aromatic N) is 4. The Hall–Kier alpha value is -1.91. The monoisotopic (exact) mass is 259 g/mol. The molecule has 19 heavy (non-hydrogen) atoms. The first-order chi connectivity index (χ1) is 8.91. The van der Waals surface area contributed by atoms with Crippen LogP contribution in [0.4, 0.5) is 5.82 Å². The van der Waals surface area contributed by atoms with E-state index in [1.54, 1.807) is 12.5 Å². The van der Waals surface area contributed by atoms with Crippen molar-refractivity contribution in [1.82, 2.24) is 19.5 Å². The molecule has 0 amide bonds. The summed E-state index contributed by atoms with van der Waals surface area (Å²) in [5, 5.41) is 0. The van der Waals surface area contributed by atoms with Gasteiger partial charge >= 0.3 is 0 Å². The van der Waals surface area contributed by atoms with Gasteiger partial charge in [0.1, 0.15) is 11.5 Å². The highest BCUT2D eigenvalue weighted by Gasteiger charge is 2.16. The van der Waals surface area contributed by atoms with Crippen LogP contribution in [0.2, 0.25) is 0 Å². The summed E-state index contributed by atoms with van der Waals surface area (Å²) in [4.78, 5) is 13.2. The molecule has 0 radical (unpaired) electrons. The highest BCUT2D eigenvalue weighted by Crippen LogP contribution is 2.26. The summed E-state index contributed by atoms with van der Waals surface area (Å²) in [6.45, 7) is 10.4. The van der Waals surface area contributed by atoms with E-state index in [0.717, 1.165) is 17.0 Å². The maximum Gasteiger partial charge on any atom is 0.180 e. The molecule has 0 fully saturated rings. The van der Waals surface area contributed by atoms with Gasteiger partial charge in [-0.3, -0.25) is 0 Å². The van der Waals surface area contributed by atoms with E-state index in [9.17, 15) is 0 Å². The maximum absolute atomic E-state index is 6.07. The number of anilines is 1. The van der Waals surface area contributed by atoms with E-state index < -0.39 is 0 Å². The average molecular weight is 259 g/mol. The third-order valence-corrected chi connectivity index (χ3v) is 3.19. The van der Waals surface area contributed by atoms with Crippen molar-refractivity contribution in [3.8, 4) is 11.5 Å². The lowest BCUT2D eigenvalue weighted by Crippen LogP contribution is -2.09. The zero-order valence-corrected chi connectivity index (χ0v) is 12.2. The fourth-order valence-corrected chi connectivity index (χ4v) is 2.32. The molecule has 102 valence electrons. The standard InChI is InChI=1S/C14H21N5/c1-8(2)12-10(5)17-14(18-13(12)15)11-6-16-7-19(11)9(3)4/h6-9H,1-5H3,(H2,15,17,18). The second kappa shape index (κ2) is 4.99. The Morgan fingerprint density at radius 2 is 1.84 bits per heavy atom. The van der Waals surface area contributed by atoms with Crippen LogP contribution in [0, 0.1) is 6.92 Å². The van der Waals surface area contributed by atoms with Gasteiger partial charge in [-0.15, -0.1) is 0 Å². The molecule has 0 atom stereocenters. The van der Waals surface area contributed by atoms with E-state index in [0.29, 0.717) is 23.6 Å². The summed E-state index contributed by atoms with van der Waals surface area (Å²) < 4.78 is 2.04. The van der Waals surface area contributed by atoms with Crippen molar-refractivity contribution in [2.75, 3.05) is 5.73 Å². The maximum atomic E-state index is 6.07. The first-order valence-corrected chi connectivity index (χ1v) is 6.58. The molecule has 5 nitrogen and oxygen atoms in total. The van der Waals surface area contributed by atoms with E-state index in [1.807, 2.05) is 11.5 Å². The molecule has 0 aromatic carbocycles. The van der Waals surface area contributed by atoms with Crippen LogP contribution < -0.4 is 5.73 Å². The molecule has 5 heteroatoms. The molecular weight excluding hydrogens is 238 g/mol. The lowest BCUT2D eigenvalue weighted by molar-refractivity contribution is 0.603. The molecule has 2 rings (SSSR count).